The van der Waals surface area contributed by atoms with E-state index in [1.54, 1.807) is 6.07 Å². The van der Waals surface area contributed by atoms with Gasteiger partial charge in [0.2, 0.25) is 10.0 Å². The van der Waals surface area contributed by atoms with Gasteiger partial charge in [-0.05, 0) is 47.3 Å². The van der Waals surface area contributed by atoms with E-state index in [0.29, 0.717) is 27.7 Å². The fraction of sp³-hybridized carbons (Fsp3) is 0.714. The molecule has 0 radical (unpaired) electrons. The predicted octanol–water partition coefficient (Wildman–Crippen LogP) is 3.48. The molecular formula is C14H23BrN2O2S2. The molecule has 4 nitrogen and oxygen atoms in total. The third-order valence-corrected chi connectivity index (χ3v) is 7.50. The molecule has 120 valence electrons. The Morgan fingerprint density at radius 2 is 2.14 bits per heavy atom. The van der Waals surface area contributed by atoms with Crippen molar-refractivity contribution in [2.24, 2.45) is 5.92 Å². The molecule has 1 aliphatic rings. The number of rotatable bonds is 9. The van der Waals surface area contributed by atoms with Gasteiger partial charge in [-0.2, -0.15) is 0 Å². The van der Waals surface area contributed by atoms with Gasteiger partial charge in [-0.15, -0.1) is 11.3 Å². The first-order valence-electron chi connectivity index (χ1n) is 7.51. The van der Waals surface area contributed by atoms with Crippen LogP contribution in [-0.2, 0) is 16.6 Å². The SMILES string of the molecule is CCCNCc1cc(S(=O)(=O)NCCC2CCC2)c(Br)s1. The molecule has 1 aliphatic carbocycles. The zero-order chi connectivity index (χ0) is 15.3. The third-order valence-electron chi connectivity index (χ3n) is 3.79. The molecule has 0 spiro atoms. The molecule has 0 bridgehead atoms. The Balaban J connectivity index is 1.91. The molecule has 0 aliphatic heterocycles. The summed E-state index contributed by atoms with van der Waals surface area (Å²) in [5.74, 6) is 0.715. The number of halogens is 1. The Morgan fingerprint density at radius 1 is 1.38 bits per heavy atom. The second-order valence-electron chi connectivity index (χ2n) is 5.51. The second kappa shape index (κ2) is 8.06. The Hall–Kier alpha value is 0.0500. The van der Waals surface area contributed by atoms with Crippen LogP contribution in [0.5, 0.6) is 0 Å². The highest BCUT2D eigenvalue weighted by atomic mass is 79.9. The van der Waals surface area contributed by atoms with Crippen LogP contribution in [0.15, 0.2) is 14.7 Å². The maximum atomic E-state index is 12.3. The zero-order valence-corrected chi connectivity index (χ0v) is 15.5. The number of sulfonamides is 1. The van der Waals surface area contributed by atoms with Gasteiger partial charge in [0.15, 0.2) is 0 Å². The first-order valence-corrected chi connectivity index (χ1v) is 10.6. The molecule has 0 aromatic carbocycles. The largest absolute Gasteiger partial charge is 0.312 e. The average molecular weight is 395 g/mol. The van der Waals surface area contributed by atoms with E-state index >= 15 is 0 Å². The summed E-state index contributed by atoms with van der Waals surface area (Å²) < 4.78 is 28.1. The van der Waals surface area contributed by atoms with E-state index in [1.165, 1.54) is 30.6 Å². The van der Waals surface area contributed by atoms with E-state index in [0.717, 1.165) is 24.3 Å². The van der Waals surface area contributed by atoms with Gasteiger partial charge in [0.05, 0.1) is 3.79 Å². The third kappa shape index (κ3) is 5.03. The minimum absolute atomic E-state index is 0.370. The van der Waals surface area contributed by atoms with Crippen molar-refractivity contribution in [2.75, 3.05) is 13.1 Å². The molecule has 0 amide bonds. The first-order chi connectivity index (χ1) is 10.0. The molecule has 2 N–H and O–H groups in total. The molecule has 1 fully saturated rings. The topological polar surface area (TPSA) is 58.2 Å². The smallest absolute Gasteiger partial charge is 0.242 e. The highest BCUT2D eigenvalue weighted by Crippen LogP contribution is 2.32. The van der Waals surface area contributed by atoms with Crippen LogP contribution in [0.4, 0.5) is 0 Å². The van der Waals surface area contributed by atoms with Gasteiger partial charge in [0.25, 0.3) is 0 Å². The lowest BCUT2D eigenvalue weighted by Gasteiger charge is -2.25. The van der Waals surface area contributed by atoms with Crippen molar-refractivity contribution in [3.8, 4) is 0 Å². The molecular weight excluding hydrogens is 372 g/mol. The summed E-state index contributed by atoms with van der Waals surface area (Å²) in [6, 6.07) is 1.77. The van der Waals surface area contributed by atoms with Crippen LogP contribution in [-0.4, -0.2) is 21.5 Å². The van der Waals surface area contributed by atoms with Crippen LogP contribution in [0.1, 0.15) is 43.9 Å². The Bertz CT molecular complexity index is 553. The number of hydrogen-bond donors (Lipinski definition) is 2. The van der Waals surface area contributed by atoms with Gasteiger partial charge in [0.1, 0.15) is 4.90 Å². The fourth-order valence-electron chi connectivity index (χ4n) is 2.31. The van der Waals surface area contributed by atoms with E-state index in [-0.39, 0.29) is 0 Å². The molecule has 1 heterocycles. The number of hydrogen-bond acceptors (Lipinski definition) is 4. The monoisotopic (exact) mass is 394 g/mol. The summed E-state index contributed by atoms with van der Waals surface area (Å²) in [6.45, 7) is 4.31. The summed E-state index contributed by atoms with van der Waals surface area (Å²) >= 11 is 4.86. The summed E-state index contributed by atoms with van der Waals surface area (Å²) in [6.07, 6.45) is 5.81. The van der Waals surface area contributed by atoms with Gasteiger partial charge in [-0.25, -0.2) is 13.1 Å². The summed E-state index contributed by atoms with van der Waals surface area (Å²) in [4.78, 5) is 1.41. The molecule has 0 saturated heterocycles. The van der Waals surface area contributed by atoms with E-state index in [4.69, 9.17) is 0 Å². The molecule has 7 heteroatoms. The molecule has 2 rings (SSSR count). The zero-order valence-electron chi connectivity index (χ0n) is 12.3. The maximum Gasteiger partial charge on any atom is 0.242 e. The van der Waals surface area contributed by atoms with Crippen LogP contribution in [0, 0.1) is 5.92 Å². The van der Waals surface area contributed by atoms with Crippen molar-refractivity contribution < 1.29 is 8.42 Å². The van der Waals surface area contributed by atoms with Crippen LogP contribution in [0.3, 0.4) is 0 Å². The standard InChI is InChI=1S/C14H23BrN2O2S2/c1-2-7-16-10-12-9-13(14(15)20-12)21(18,19)17-8-6-11-4-3-5-11/h9,11,16-17H,2-8,10H2,1H3. The van der Waals surface area contributed by atoms with Crippen molar-refractivity contribution >= 4 is 37.3 Å². The Kier molecular flexibility index (Phi) is 6.68. The normalized spacial score (nSPS) is 16.1. The lowest BCUT2D eigenvalue weighted by atomic mass is 9.83. The quantitative estimate of drug-likeness (QED) is 0.630. The maximum absolute atomic E-state index is 12.3. The summed E-state index contributed by atoms with van der Waals surface area (Å²) in [5, 5.41) is 3.29. The molecule has 21 heavy (non-hydrogen) atoms. The average Bonchev–Trinajstić information content (AvgIpc) is 2.75. The Morgan fingerprint density at radius 3 is 2.76 bits per heavy atom. The van der Waals surface area contributed by atoms with Gasteiger partial charge in [-0.3, -0.25) is 0 Å². The van der Waals surface area contributed by atoms with Gasteiger partial charge >= 0.3 is 0 Å². The molecule has 0 unspecified atom stereocenters. The number of thiophene rings is 1. The predicted molar refractivity (Wildman–Crippen MR) is 91.2 cm³/mol. The van der Waals surface area contributed by atoms with Gasteiger partial charge < -0.3 is 5.32 Å². The Labute approximate surface area is 139 Å². The molecule has 0 atom stereocenters. The minimum Gasteiger partial charge on any atom is -0.312 e. The second-order valence-corrected chi connectivity index (χ2v) is 9.70. The highest BCUT2D eigenvalue weighted by Gasteiger charge is 2.22. The van der Waals surface area contributed by atoms with Crippen LogP contribution < -0.4 is 10.0 Å². The van der Waals surface area contributed by atoms with E-state index in [9.17, 15) is 8.42 Å². The minimum atomic E-state index is -3.39. The van der Waals surface area contributed by atoms with E-state index < -0.39 is 10.0 Å². The van der Waals surface area contributed by atoms with Crippen molar-refractivity contribution in [3.63, 3.8) is 0 Å². The van der Waals surface area contributed by atoms with E-state index in [1.807, 2.05) is 0 Å². The van der Waals surface area contributed by atoms with Crippen LogP contribution in [0.25, 0.3) is 0 Å². The van der Waals surface area contributed by atoms with Crippen LogP contribution in [0.2, 0.25) is 0 Å². The lowest BCUT2D eigenvalue weighted by Crippen LogP contribution is -2.27. The fourth-order valence-corrected chi connectivity index (χ4v) is 6.01. The van der Waals surface area contributed by atoms with Crippen molar-refractivity contribution in [3.05, 3.63) is 14.7 Å². The van der Waals surface area contributed by atoms with Gasteiger partial charge in [-0.1, -0.05) is 26.2 Å². The summed E-state index contributed by atoms with van der Waals surface area (Å²) in [5.41, 5.74) is 0. The molecule has 1 aromatic rings. The first kappa shape index (κ1) is 17.4. The number of nitrogens with one attached hydrogen (secondary N) is 2. The molecule has 1 saturated carbocycles. The lowest BCUT2D eigenvalue weighted by molar-refractivity contribution is 0.297. The highest BCUT2D eigenvalue weighted by molar-refractivity contribution is 9.11. The van der Waals surface area contributed by atoms with Crippen molar-refractivity contribution in [2.45, 2.75) is 50.5 Å². The van der Waals surface area contributed by atoms with Crippen molar-refractivity contribution in [1.29, 1.82) is 0 Å². The van der Waals surface area contributed by atoms with E-state index in [2.05, 4.69) is 32.9 Å². The summed E-state index contributed by atoms with van der Waals surface area (Å²) in [7, 11) is -3.39. The molecule has 1 aromatic heterocycles. The van der Waals surface area contributed by atoms with Gasteiger partial charge in [0, 0.05) is 18.0 Å². The van der Waals surface area contributed by atoms with Crippen LogP contribution >= 0.6 is 27.3 Å². The van der Waals surface area contributed by atoms with Crippen molar-refractivity contribution in [1.82, 2.24) is 10.0 Å².